The van der Waals surface area contributed by atoms with Crippen molar-refractivity contribution in [2.24, 2.45) is 0 Å². The predicted octanol–water partition coefficient (Wildman–Crippen LogP) is 2.51. The van der Waals surface area contributed by atoms with Crippen LogP contribution >= 0.6 is 0 Å². The summed E-state index contributed by atoms with van der Waals surface area (Å²) in [7, 11) is 0. The summed E-state index contributed by atoms with van der Waals surface area (Å²) in [6, 6.07) is 0. The summed E-state index contributed by atoms with van der Waals surface area (Å²) in [5.74, 6) is -1.60. The molecule has 0 spiro atoms. The van der Waals surface area contributed by atoms with Gasteiger partial charge in [0.1, 0.15) is 11.3 Å². The number of carbonyl (C=O) groups is 1. The number of alkyl halides is 5. The van der Waals surface area contributed by atoms with Gasteiger partial charge in [-0.2, -0.15) is 13.2 Å². The maximum Gasteiger partial charge on any atom is 0.432 e. The van der Waals surface area contributed by atoms with Crippen LogP contribution in [-0.4, -0.2) is 17.6 Å². The molecule has 0 amide bonds. The minimum absolute atomic E-state index is 0.235. The molecule has 0 aromatic carbocycles. The first-order valence-corrected chi connectivity index (χ1v) is 4.98. The van der Waals surface area contributed by atoms with Crippen LogP contribution in [0.15, 0.2) is 11.0 Å². The summed E-state index contributed by atoms with van der Waals surface area (Å²) in [6.07, 6.45) is -8.14. The van der Waals surface area contributed by atoms with Crippen molar-refractivity contribution in [2.45, 2.75) is 19.5 Å². The van der Waals surface area contributed by atoms with Crippen LogP contribution in [0, 0.1) is 0 Å². The molecule has 0 atom stereocenters. The Morgan fingerprint density at radius 3 is 2.42 bits per heavy atom. The number of aromatic amines is 1. The van der Waals surface area contributed by atoms with Crippen LogP contribution in [0.1, 0.15) is 35.0 Å². The van der Waals surface area contributed by atoms with Crippen LogP contribution in [0.2, 0.25) is 0 Å². The number of ether oxygens (including phenoxy) is 1. The fraction of sp³-hybridized carbons (Fsp3) is 0.400. The minimum atomic E-state index is -5.07. The van der Waals surface area contributed by atoms with E-state index in [-0.39, 0.29) is 12.8 Å². The largest absolute Gasteiger partial charge is 0.462 e. The molecule has 0 fully saturated rings. The second-order valence-electron chi connectivity index (χ2n) is 3.34. The van der Waals surface area contributed by atoms with Crippen LogP contribution in [0.4, 0.5) is 22.0 Å². The average molecular weight is 285 g/mol. The number of pyridine rings is 1. The third-order valence-corrected chi connectivity index (χ3v) is 2.11. The lowest BCUT2D eigenvalue weighted by molar-refractivity contribution is -0.141. The molecule has 0 aliphatic heterocycles. The topological polar surface area (TPSA) is 59.2 Å². The lowest BCUT2D eigenvalue weighted by Crippen LogP contribution is -2.28. The number of nitrogens with one attached hydrogen (secondary N) is 1. The number of halogens is 5. The summed E-state index contributed by atoms with van der Waals surface area (Å²) in [6.45, 7) is 1.00. The van der Waals surface area contributed by atoms with Crippen molar-refractivity contribution in [3.05, 3.63) is 33.2 Å². The van der Waals surface area contributed by atoms with Gasteiger partial charge in [-0.3, -0.25) is 4.79 Å². The molecule has 0 saturated carbocycles. The van der Waals surface area contributed by atoms with E-state index in [0.717, 1.165) is 0 Å². The molecule has 0 bridgehead atoms. The standard InChI is InChI=1S/C10H8F5NO3/c1-2-19-9(18)5-6(17)4(8(11)12)3-16-7(5)10(13,14)15/h3,8H,2H2,1H3,(H,16,17). The quantitative estimate of drug-likeness (QED) is 0.685. The molecule has 4 nitrogen and oxygen atoms in total. The van der Waals surface area contributed by atoms with Gasteiger partial charge in [0, 0.05) is 6.20 Å². The van der Waals surface area contributed by atoms with Gasteiger partial charge in [0.25, 0.3) is 6.43 Å². The van der Waals surface area contributed by atoms with E-state index >= 15 is 0 Å². The van der Waals surface area contributed by atoms with Crippen molar-refractivity contribution in [1.82, 2.24) is 4.98 Å². The van der Waals surface area contributed by atoms with E-state index < -0.39 is 40.8 Å². The zero-order chi connectivity index (χ0) is 14.8. The van der Waals surface area contributed by atoms with Gasteiger partial charge >= 0.3 is 12.1 Å². The summed E-state index contributed by atoms with van der Waals surface area (Å²) in [5, 5.41) is 0. The maximum absolute atomic E-state index is 12.6. The molecular formula is C10H8F5NO3. The molecule has 1 heterocycles. The molecular weight excluding hydrogens is 277 g/mol. The Balaban J connectivity index is 3.56. The highest BCUT2D eigenvalue weighted by atomic mass is 19.4. The average Bonchev–Trinajstić information content (AvgIpc) is 2.26. The van der Waals surface area contributed by atoms with E-state index in [2.05, 4.69) is 4.74 Å². The van der Waals surface area contributed by atoms with Crippen LogP contribution in [0.25, 0.3) is 0 Å². The monoisotopic (exact) mass is 285 g/mol. The van der Waals surface area contributed by atoms with Gasteiger partial charge in [-0.05, 0) is 6.92 Å². The fourth-order valence-corrected chi connectivity index (χ4v) is 1.33. The van der Waals surface area contributed by atoms with Crippen LogP contribution < -0.4 is 5.43 Å². The Hall–Kier alpha value is -1.93. The van der Waals surface area contributed by atoms with Crippen LogP contribution in [0.5, 0.6) is 0 Å². The molecule has 0 radical (unpaired) electrons. The Morgan fingerprint density at radius 2 is 2.00 bits per heavy atom. The zero-order valence-corrected chi connectivity index (χ0v) is 9.48. The Kier molecular flexibility index (Phi) is 4.28. The van der Waals surface area contributed by atoms with Crippen molar-refractivity contribution in [1.29, 1.82) is 0 Å². The Morgan fingerprint density at radius 1 is 1.42 bits per heavy atom. The van der Waals surface area contributed by atoms with Gasteiger partial charge in [-0.1, -0.05) is 0 Å². The predicted molar refractivity (Wildman–Crippen MR) is 53.0 cm³/mol. The number of aromatic nitrogens is 1. The number of H-pyrrole nitrogens is 1. The van der Waals surface area contributed by atoms with Crippen molar-refractivity contribution < 1.29 is 31.5 Å². The third kappa shape index (κ3) is 3.09. The summed E-state index contributed by atoms with van der Waals surface area (Å²) >= 11 is 0. The Labute approximate surface area is 103 Å². The highest BCUT2D eigenvalue weighted by Gasteiger charge is 2.39. The number of carbonyl (C=O) groups excluding carboxylic acids is 1. The third-order valence-electron chi connectivity index (χ3n) is 2.11. The van der Waals surface area contributed by atoms with Gasteiger partial charge < -0.3 is 9.72 Å². The SMILES string of the molecule is CCOC(=O)c1c(C(F)(F)F)[nH]cc(C(F)F)c1=O. The van der Waals surface area contributed by atoms with Crippen LogP contribution in [0.3, 0.4) is 0 Å². The molecule has 1 aromatic heterocycles. The highest BCUT2D eigenvalue weighted by molar-refractivity contribution is 5.90. The summed E-state index contributed by atoms with van der Waals surface area (Å²) < 4.78 is 66.9. The second-order valence-corrected chi connectivity index (χ2v) is 3.34. The normalized spacial score (nSPS) is 11.7. The molecule has 9 heteroatoms. The van der Waals surface area contributed by atoms with Crippen molar-refractivity contribution in [3.63, 3.8) is 0 Å². The zero-order valence-electron chi connectivity index (χ0n) is 9.48. The van der Waals surface area contributed by atoms with E-state index in [1.807, 2.05) is 0 Å². The van der Waals surface area contributed by atoms with Crippen molar-refractivity contribution in [2.75, 3.05) is 6.61 Å². The fourth-order valence-electron chi connectivity index (χ4n) is 1.33. The van der Waals surface area contributed by atoms with E-state index in [4.69, 9.17) is 0 Å². The molecule has 1 rings (SSSR count). The van der Waals surface area contributed by atoms with E-state index in [1.54, 1.807) is 0 Å². The summed E-state index contributed by atoms with van der Waals surface area (Å²) in [4.78, 5) is 24.3. The lowest BCUT2D eigenvalue weighted by Gasteiger charge is -2.12. The van der Waals surface area contributed by atoms with E-state index in [1.165, 1.54) is 11.9 Å². The molecule has 0 aliphatic carbocycles. The number of rotatable bonds is 3. The number of hydrogen-bond acceptors (Lipinski definition) is 3. The molecule has 1 aromatic rings. The van der Waals surface area contributed by atoms with Crippen LogP contribution in [-0.2, 0) is 10.9 Å². The number of hydrogen-bond donors (Lipinski definition) is 1. The van der Waals surface area contributed by atoms with Gasteiger partial charge in [-0.25, -0.2) is 13.6 Å². The molecule has 0 aliphatic rings. The molecule has 0 unspecified atom stereocenters. The smallest absolute Gasteiger partial charge is 0.432 e. The molecule has 1 N–H and O–H groups in total. The molecule has 0 saturated heterocycles. The second kappa shape index (κ2) is 5.37. The van der Waals surface area contributed by atoms with E-state index in [0.29, 0.717) is 0 Å². The Bertz CT molecular complexity index is 535. The van der Waals surface area contributed by atoms with Crippen molar-refractivity contribution in [3.8, 4) is 0 Å². The van der Waals surface area contributed by atoms with Crippen molar-refractivity contribution >= 4 is 5.97 Å². The molecule has 106 valence electrons. The maximum atomic E-state index is 12.6. The highest BCUT2D eigenvalue weighted by Crippen LogP contribution is 2.30. The van der Waals surface area contributed by atoms with Gasteiger partial charge in [-0.15, -0.1) is 0 Å². The number of esters is 1. The summed E-state index contributed by atoms with van der Waals surface area (Å²) in [5.41, 5.74) is -6.09. The van der Waals surface area contributed by atoms with Gasteiger partial charge in [0.2, 0.25) is 5.43 Å². The first-order valence-electron chi connectivity index (χ1n) is 4.98. The van der Waals surface area contributed by atoms with E-state index in [9.17, 15) is 31.5 Å². The molecule has 19 heavy (non-hydrogen) atoms. The first kappa shape index (κ1) is 15.1. The minimum Gasteiger partial charge on any atom is -0.462 e. The van der Waals surface area contributed by atoms with Gasteiger partial charge in [0.15, 0.2) is 0 Å². The van der Waals surface area contributed by atoms with Gasteiger partial charge in [0.05, 0.1) is 12.2 Å². The lowest BCUT2D eigenvalue weighted by atomic mass is 10.1. The first-order chi connectivity index (χ1) is 8.70.